The average Bonchev–Trinajstić information content (AvgIpc) is 2.52. The van der Waals surface area contributed by atoms with Gasteiger partial charge in [-0.05, 0) is 31.0 Å². The highest BCUT2D eigenvalue weighted by molar-refractivity contribution is 14.0. The lowest BCUT2D eigenvalue weighted by Crippen LogP contribution is -2.39. The van der Waals surface area contributed by atoms with Crippen LogP contribution in [-0.4, -0.2) is 51.3 Å². The van der Waals surface area contributed by atoms with E-state index in [0.717, 1.165) is 37.7 Å². The van der Waals surface area contributed by atoms with Gasteiger partial charge >= 0.3 is 6.61 Å². The summed E-state index contributed by atoms with van der Waals surface area (Å²) in [5.41, 5.74) is 0.978. The molecule has 0 fully saturated rings. The van der Waals surface area contributed by atoms with Crippen molar-refractivity contribution in [2.45, 2.75) is 26.5 Å². The highest BCUT2D eigenvalue weighted by Gasteiger charge is 2.07. The molecule has 8 heteroatoms. The maximum Gasteiger partial charge on any atom is 0.387 e. The molecule has 0 aromatic heterocycles. The Balaban J connectivity index is 0.00000529. The number of aliphatic imine (C=N–C) groups is 1. The Hall–Kier alpha value is -1.16. The normalized spacial score (nSPS) is 11.2. The van der Waals surface area contributed by atoms with Crippen LogP contribution in [0, 0.1) is 0 Å². The third-order valence-corrected chi connectivity index (χ3v) is 3.09. The summed E-state index contributed by atoms with van der Waals surface area (Å²) >= 11 is 0. The highest BCUT2D eigenvalue weighted by atomic mass is 127. The molecule has 0 saturated heterocycles. The van der Waals surface area contributed by atoms with E-state index in [2.05, 4.69) is 15.0 Å². The Kier molecular flexibility index (Phi) is 12.5. The van der Waals surface area contributed by atoms with Crippen molar-refractivity contribution in [1.82, 2.24) is 10.2 Å². The van der Waals surface area contributed by atoms with Gasteiger partial charge in [-0.25, -0.2) is 0 Å². The van der Waals surface area contributed by atoms with Gasteiger partial charge in [0.25, 0.3) is 0 Å². The number of hydrogen-bond donors (Lipinski definition) is 1. The number of ether oxygens (including phenoxy) is 2. The fraction of sp³-hybridized carbons (Fsp3) is 0.562. The standard InChI is InChI=1S/C16H25F2N3O2.HI/c1-4-22-11-5-10-20-16(19-2)21(3)12-13-6-8-14(9-7-13)23-15(17)18;/h6-9,15H,4-5,10-12H2,1-3H3,(H,19,20);1H. The van der Waals surface area contributed by atoms with Crippen molar-refractivity contribution < 1.29 is 18.3 Å². The molecule has 138 valence electrons. The predicted octanol–water partition coefficient (Wildman–Crippen LogP) is 3.34. The molecule has 0 saturated carbocycles. The maximum atomic E-state index is 12.1. The first-order valence-electron chi connectivity index (χ1n) is 7.60. The lowest BCUT2D eigenvalue weighted by Gasteiger charge is -2.22. The number of rotatable bonds is 9. The van der Waals surface area contributed by atoms with E-state index in [1.165, 1.54) is 12.1 Å². The van der Waals surface area contributed by atoms with Crippen LogP contribution in [0.15, 0.2) is 29.3 Å². The highest BCUT2D eigenvalue weighted by Crippen LogP contribution is 2.15. The molecule has 0 spiro atoms. The number of alkyl halides is 2. The largest absolute Gasteiger partial charge is 0.435 e. The summed E-state index contributed by atoms with van der Waals surface area (Å²) in [7, 11) is 3.64. The molecule has 0 amide bonds. The van der Waals surface area contributed by atoms with Crippen LogP contribution in [-0.2, 0) is 11.3 Å². The van der Waals surface area contributed by atoms with E-state index < -0.39 is 6.61 Å². The molecule has 0 radical (unpaired) electrons. The zero-order valence-corrected chi connectivity index (χ0v) is 16.6. The molecular weight excluding hydrogens is 431 g/mol. The summed E-state index contributed by atoms with van der Waals surface area (Å²) in [6.45, 7) is 1.99. The van der Waals surface area contributed by atoms with Crippen molar-refractivity contribution in [2.75, 3.05) is 33.9 Å². The number of halogens is 3. The Morgan fingerprint density at radius 3 is 2.50 bits per heavy atom. The molecule has 1 aromatic carbocycles. The zero-order valence-electron chi connectivity index (χ0n) is 14.3. The Morgan fingerprint density at radius 1 is 1.29 bits per heavy atom. The number of guanidine groups is 1. The molecule has 24 heavy (non-hydrogen) atoms. The van der Waals surface area contributed by atoms with Crippen LogP contribution in [0.5, 0.6) is 5.75 Å². The monoisotopic (exact) mass is 457 g/mol. The number of nitrogens with zero attached hydrogens (tertiary/aromatic N) is 2. The molecule has 0 heterocycles. The second-order valence-corrected chi connectivity index (χ2v) is 4.90. The zero-order chi connectivity index (χ0) is 17.1. The summed E-state index contributed by atoms with van der Waals surface area (Å²) < 4.78 is 33.8. The van der Waals surface area contributed by atoms with Crippen molar-refractivity contribution in [2.24, 2.45) is 4.99 Å². The molecule has 0 aliphatic carbocycles. The molecule has 0 aliphatic heterocycles. The number of nitrogens with one attached hydrogen (secondary N) is 1. The molecular formula is C16H26F2IN3O2. The van der Waals surface area contributed by atoms with E-state index in [9.17, 15) is 8.78 Å². The Bertz CT molecular complexity index is 473. The smallest absolute Gasteiger partial charge is 0.387 e. The third kappa shape index (κ3) is 9.21. The summed E-state index contributed by atoms with van der Waals surface area (Å²) in [5, 5.41) is 3.26. The van der Waals surface area contributed by atoms with Crippen LogP contribution in [0.25, 0.3) is 0 Å². The van der Waals surface area contributed by atoms with Gasteiger partial charge in [-0.15, -0.1) is 24.0 Å². The van der Waals surface area contributed by atoms with Crippen molar-refractivity contribution in [3.63, 3.8) is 0 Å². The van der Waals surface area contributed by atoms with Gasteiger partial charge in [-0.2, -0.15) is 8.78 Å². The van der Waals surface area contributed by atoms with Crippen LogP contribution in [0.1, 0.15) is 18.9 Å². The Labute approximate surface area is 159 Å². The predicted molar refractivity (Wildman–Crippen MR) is 102 cm³/mol. The first kappa shape index (κ1) is 22.8. The minimum absolute atomic E-state index is 0. The summed E-state index contributed by atoms with van der Waals surface area (Å²) in [6.07, 6.45) is 0.903. The molecule has 5 nitrogen and oxygen atoms in total. The minimum Gasteiger partial charge on any atom is -0.435 e. The molecule has 0 aliphatic rings. The molecule has 0 unspecified atom stereocenters. The van der Waals surface area contributed by atoms with E-state index in [0.29, 0.717) is 6.54 Å². The van der Waals surface area contributed by atoms with Gasteiger partial charge in [0.15, 0.2) is 5.96 Å². The van der Waals surface area contributed by atoms with Gasteiger partial charge in [-0.3, -0.25) is 4.99 Å². The van der Waals surface area contributed by atoms with Crippen LogP contribution in [0.2, 0.25) is 0 Å². The molecule has 1 rings (SSSR count). The second kappa shape index (κ2) is 13.2. The van der Waals surface area contributed by atoms with Gasteiger partial charge in [0.2, 0.25) is 0 Å². The average molecular weight is 457 g/mol. The number of benzene rings is 1. The van der Waals surface area contributed by atoms with E-state index >= 15 is 0 Å². The van der Waals surface area contributed by atoms with Crippen LogP contribution < -0.4 is 10.1 Å². The summed E-state index contributed by atoms with van der Waals surface area (Å²) in [5.74, 6) is 0.930. The van der Waals surface area contributed by atoms with Crippen LogP contribution in [0.3, 0.4) is 0 Å². The molecule has 1 aromatic rings. The second-order valence-electron chi connectivity index (χ2n) is 4.90. The van der Waals surface area contributed by atoms with Gasteiger partial charge in [-0.1, -0.05) is 12.1 Å². The molecule has 0 atom stereocenters. The van der Waals surface area contributed by atoms with Crippen LogP contribution in [0.4, 0.5) is 8.78 Å². The van der Waals surface area contributed by atoms with Crippen molar-refractivity contribution in [3.8, 4) is 5.75 Å². The van der Waals surface area contributed by atoms with E-state index in [1.807, 2.05) is 18.9 Å². The number of hydrogen-bond acceptors (Lipinski definition) is 3. The SMILES string of the molecule is CCOCCCNC(=NC)N(C)Cc1ccc(OC(F)F)cc1.I. The van der Waals surface area contributed by atoms with Crippen molar-refractivity contribution in [1.29, 1.82) is 0 Å². The quantitative estimate of drug-likeness (QED) is 0.268. The van der Waals surface area contributed by atoms with E-state index in [-0.39, 0.29) is 29.7 Å². The Morgan fingerprint density at radius 2 is 1.96 bits per heavy atom. The van der Waals surface area contributed by atoms with Crippen molar-refractivity contribution >= 4 is 29.9 Å². The van der Waals surface area contributed by atoms with Crippen molar-refractivity contribution in [3.05, 3.63) is 29.8 Å². The lowest BCUT2D eigenvalue weighted by atomic mass is 10.2. The van der Waals surface area contributed by atoms with E-state index in [4.69, 9.17) is 4.74 Å². The lowest BCUT2D eigenvalue weighted by molar-refractivity contribution is -0.0498. The topological polar surface area (TPSA) is 46.1 Å². The minimum atomic E-state index is -2.80. The maximum absolute atomic E-state index is 12.1. The van der Waals surface area contributed by atoms with Gasteiger partial charge in [0.1, 0.15) is 5.75 Å². The fourth-order valence-electron chi connectivity index (χ4n) is 2.03. The fourth-order valence-corrected chi connectivity index (χ4v) is 2.03. The summed E-state index contributed by atoms with van der Waals surface area (Å²) in [6, 6.07) is 6.59. The van der Waals surface area contributed by atoms with Gasteiger partial charge in [0, 0.05) is 40.4 Å². The first-order valence-corrected chi connectivity index (χ1v) is 7.60. The van der Waals surface area contributed by atoms with Gasteiger partial charge in [0.05, 0.1) is 0 Å². The first-order chi connectivity index (χ1) is 11.1. The molecule has 0 bridgehead atoms. The van der Waals surface area contributed by atoms with Gasteiger partial charge < -0.3 is 19.7 Å². The van der Waals surface area contributed by atoms with E-state index in [1.54, 1.807) is 19.2 Å². The summed E-state index contributed by atoms with van der Waals surface area (Å²) in [4.78, 5) is 6.19. The molecule has 1 N–H and O–H groups in total. The third-order valence-electron chi connectivity index (χ3n) is 3.09. The van der Waals surface area contributed by atoms with Crippen LogP contribution >= 0.6 is 24.0 Å².